The van der Waals surface area contributed by atoms with Crippen molar-refractivity contribution < 1.29 is 49.2 Å². The topological polar surface area (TPSA) is 147 Å². The Morgan fingerprint density at radius 3 is 0.927 bits per heavy atom. The zero-order chi connectivity index (χ0) is 40.4. The van der Waals surface area contributed by atoms with E-state index in [2.05, 4.69) is 27.7 Å². The molecular weight excluding hydrogens is 747 g/mol. The van der Waals surface area contributed by atoms with Crippen LogP contribution < -0.4 is 18.9 Å². The molecule has 0 amide bonds. The quantitative estimate of drug-likeness (QED) is 0.0627. The summed E-state index contributed by atoms with van der Waals surface area (Å²) in [5.41, 5.74) is 4.09. The molecule has 0 saturated heterocycles. The van der Waals surface area contributed by atoms with E-state index in [9.17, 15) is 20.4 Å². The van der Waals surface area contributed by atoms with Crippen molar-refractivity contribution >= 4 is 23.2 Å². The first-order chi connectivity index (χ1) is 26.2. The van der Waals surface area contributed by atoms with Gasteiger partial charge in [0.15, 0.2) is 0 Å². The molecular formula is C43H56Cl2O10. The van der Waals surface area contributed by atoms with Crippen molar-refractivity contribution in [2.45, 2.75) is 62.9 Å². The lowest BCUT2D eigenvalue weighted by Crippen LogP contribution is -2.22. The van der Waals surface area contributed by atoms with E-state index in [0.29, 0.717) is 23.0 Å². The van der Waals surface area contributed by atoms with Gasteiger partial charge in [-0.25, -0.2) is 0 Å². The highest BCUT2D eigenvalue weighted by atomic mass is 35.5. The van der Waals surface area contributed by atoms with E-state index >= 15 is 0 Å². The first-order valence-corrected chi connectivity index (χ1v) is 19.2. The molecule has 0 unspecified atom stereocenters. The molecule has 0 aliphatic carbocycles. The third kappa shape index (κ3) is 14.8. The maximum absolute atomic E-state index is 9.67. The van der Waals surface area contributed by atoms with Gasteiger partial charge in [0.25, 0.3) is 0 Å². The van der Waals surface area contributed by atoms with Gasteiger partial charge in [0, 0.05) is 17.9 Å². The molecule has 4 aromatic carbocycles. The molecule has 302 valence electrons. The highest BCUT2D eigenvalue weighted by Crippen LogP contribution is 2.35. The van der Waals surface area contributed by atoms with Gasteiger partial charge in [-0.15, -0.1) is 23.2 Å². The summed E-state index contributed by atoms with van der Waals surface area (Å²) in [6.07, 6.45) is -2.88. The second-order valence-corrected chi connectivity index (χ2v) is 14.8. The predicted octanol–water partition coefficient (Wildman–Crippen LogP) is 6.10. The van der Waals surface area contributed by atoms with Crippen LogP contribution in [0.2, 0.25) is 0 Å². The zero-order valence-corrected chi connectivity index (χ0v) is 33.7. The summed E-state index contributed by atoms with van der Waals surface area (Å²) in [6.45, 7) is 9.07. The Labute approximate surface area is 335 Å². The van der Waals surface area contributed by atoms with Crippen LogP contribution in [0.25, 0.3) is 0 Å². The Kier molecular flexibility index (Phi) is 19.0. The molecule has 4 rings (SSSR count). The van der Waals surface area contributed by atoms with E-state index < -0.39 is 24.4 Å². The lowest BCUT2D eigenvalue weighted by molar-refractivity contribution is 0.0325. The monoisotopic (exact) mass is 802 g/mol. The molecule has 55 heavy (non-hydrogen) atoms. The van der Waals surface area contributed by atoms with Gasteiger partial charge < -0.3 is 49.2 Å². The van der Waals surface area contributed by atoms with Gasteiger partial charge in [-0.1, -0.05) is 76.2 Å². The van der Waals surface area contributed by atoms with E-state index in [1.54, 1.807) is 7.11 Å². The van der Waals surface area contributed by atoms with Crippen molar-refractivity contribution in [3.8, 4) is 23.0 Å². The van der Waals surface area contributed by atoms with Gasteiger partial charge in [-0.2, -0.15) is 0 Å². The summed E-state index contributed by atoms with van der Waals surface area (Å²) in [5, 5.41) is 46.8. The number of hydrogen-bond donors (Lipinski definition) is 5. The van der Waals surface area contributed by atoms with Crippen molar-refractivity contribution in [2.75, 3.05) is 58.5 Å². The molecule has 0 bridgehead atoms. The number of alkyl halides is 2. The van der Waals surface area contributed by atoms with Gasteiger partial charge in [0.1, 0.15) is 73.8 Å². The molecule has 0 aliphatic rings. The van der Waals surface area contributed by atoms with Crippen LogP contribution in [0.15, 0.2) is 97.1 Å². The standard InChI is InChI=1S/C22H29ClO5.C21H27ClO5/c1-22(2,16-4-8-20(9-5-16)27-14-18(24)12-23)17-6-10-21(11-7-17)28-15-19(25)13-26-3;1-21(2,15-3-7-19(8-4-15)26-13-17(24)11-22)16-5-9-20(10-6-16)27-14-18(25)12-23/h4-11,18-19,24-25H,12-15H2,1-3H3;3-10,17-18,23-25H,11-14H2,1-2H3/t18-,19+;17-,18-/m11/s1. The van der Waals surface area contributed by atoms with Crippen molar-refractivity contribution in [1.29, 1.82) is 0 Å². The normalized spacial score (nSPS) is 13.8. The molecule has 10 nitrogen and oxygen atoms in total. The Hall–Kier alpha value is -3.58. The number of aliphatic hydroxyl groups is 5. The number of hydrogen-bond acceptors (Lipinski definition) is 10. The molecule has 0 spiro atoms. The van der Waals surface area contributed by atoms with Crippen LogP contribution in [-0.2, 0) is 15.6 Å². The second kappa shape index (κ2) is 22.8. The summed E-state index contributed by atoms with van der Waals surface area (Å²) in [4.78, 5) is 0. The highest BCUT2D eigenvalue weighted by molar-refractivity contribution is 6.18. The Morgan fingerprint density at radius 2 is 0.691 bits per heavy atom. The molecule has 4 aromatic rings. The van der Waals surface area contributed by atoms with E-state index in [1.165, 1.54) is 0 Å². The molecule has 5 N–H and O–H groups in total. The molecule has 0 aromatic heterocycles. The van der Waals surface area contributed by atoms with Crippen LogP contribution >= 0.6 is 23.2 Å². The first-order valence-electron chi connectivity index (χ1n) is 18.1. The third-order valence-corrected chi connectivity index (χ3v) is 9.71. The summed E-state index contributed by atoms with van der Waals surface area (Å²) in [5.74, 6) is 3.02. The average molecular weight is 804 g/mol. The van der Waals surface area contributed by atoms with E-state index in [4.69, 9.17) is 52.0 Å². The van der Waals surface area contributed by atoms with Gasteiger partial charge in [-0.3, -0.25) is 0 Å². The van der Waals surface area contributed by atoms with Gasteiger partial charge in [0.2, 0.25) is 0 Å². The maximum Gasteiger partial charge on any atom is 0.119 e. The van der Waals surface area contributed by atoms with Gasteiger partial charge >= 0.3 is 0 Å². The molecule has 0 saturated carbocycles. The van der Waals surface area contributed by atoms with Crippen LogP contribution in [0.4, 0.5) is 0 Å². The minimum Gasteiger partial charge on any atom is -0.491 e. The van der Waals surface area contributed by atoms with Crippen molar-refractivity contribution in [3.05, 3.63) is 119 Å². The number of benzene rings is 4. The molecule has 0 heterocycles. The number of aliphatic hydroxyl groups excluding tert-OH is 5. The molecule has 0 fully saturated rings. The van der Waals surface area contributed by atoms with Crippen molar-refractivity contribution in [2.24, 2.45) is 0 Å². The molecule has 4 atom stereocenters. The molecule has 12 heteroatoms. The van der Waals surface area contributed by atoms with E-state index in [0.717, 1.165) is 22.3 Å². The Morgan fingerprint density at radius 1 is 0.436 bits per heavy atom. The van der Waals surface area contributed by atoms with Crippen LogP contribution in [0.3, 0.4) is 0 Å². The largest absolute Gasteiger partial charge is 0.491 e. The lowest BCUT2D eigenvalue weighted by Gasteiger charge is -2.26. The summed E-state index contributed by atoms with van der Waals surface area (Å²) in [6, 6.07) is 31.2. The van der Waals surface area contributed by atoms with Gasteiger partial charge in [0.05, 0.1) is 25.0 Å². The summed E-state index contributed by atoms with van der Waals surface area (Å²) in [7, 11) is 1.54. The smallest absolute Gasteiger partial charge is 0.119 e. The highest BCUT2D eigenvalue weighted by Gasteiger charge is 2.24. The third-order valence-electron chi connectivity index (χ3n) is 9.00. The van der Waals surface area contributed by atoms with E-state index in [1.807, 2.05) is 97.1 Å². The fraction of sp³-hybridized carbons (Fsp3) is 0.442. The SMILES string of the molecule is CC(C)(c1ccc(OC[C@H](O)CO)cc1)c1ccc(OC[C@H](O)CCl)cc1.COC[C@H](O)COc1ccc(C(C)(C)c2ccc(OC[C@H](O)CCl)cc2)cc1. The van der Waals surface area contributed by atoms with Crippen LogP contribution in [0, 0.1) is 0 Å². The maximum atomic E-state index is 9.67. The molecule has 0 radical (unpaired) electrons. The van der Waals surface area contributed by atoms with Crippen molar-refractivity contribution in [1.82, 2.24) is 0 Å². The van der Waals surface area contributed by atoms with Crippen LogP contribution in [-0.4, -0.2) is 108 Å². The average Bonchev–Trinajstić information content (AvgIpc) is 3.21. The zero-order valence-electron chi connectivity index (χ0n) is 32.2. The second-order valence-electron chi connectivity index (χ2n) is 14.2. The lowest BCUT2D eigenvalue weighted by atomic mass is 9.78. The van der Waals surface area contributed by atoms with Crippen LogP contribution in [0.1, 0.15) is 49.9 Å². The fourth-order valence-electron chi connectivity index (χ4n) is 5.36. The van der Waals surface area contributed by atoms with E-state index in [-0.39, 0.29) is 62.2 Å². The Balaban J connectivity index is 0.000000296. The molecule has 0 aliphatic heterocycles. The first kappa shape index (κ1) is 45.8. The number of rotatable bonds is 21. The number of halogens is 2. The van der Waals surface area contributed by atoms with Gasteiger partial charge in [-0.05, 0) is 70.8 Å². The van der Waals surface area contributed by atoms with Crippen LogP contribution in [0.5, 0.6) is 23.0 Å². The van der Waals surface area contributed by atoms with Crippen molar-refractivity contribution in [3.63, 3.8) is 0 Å². The Bertz CT molecular complexity index is 1570. The summed E-state index contributed by atoms with van der Waals surface area (Å²) < 4.78 is 27.0. The predicted molar refractivity (Wildman–Crippen MR) is 216 cm³/mol. The number of methoxy groups -OCH3 is 1. The summed E-state index contributed by atoms with van der Waals surface area (Å²) >= 11 is 11.1. The number of ether oxygens (including phenoxy) is 5. The fourth-order valence-corrected chi connectivity index (χ4v) is 5.53. The minimum absolute atomic E-state index is 0.0547. The minimum atomic E-state index is -0.882.